The van der Waals surface area contributed by atoms with Crippen molar-refractivity contribution in [1.29, 1.82) is 0 Å². The van der Waals surface area contributed by atoms with Crippen LogP contribution in [0.15, 0.2) is 163 Å². The summed E-state index contributed by atoms with van der Waals surface area (Å²) in [4.78, 5) is 10.3. The lowest BCUT2D eigenvalue weighted by Gasteiger charge is -2.44. The van der Waals surface area contributed by atoms with Gasteiger partial charge in [0.05, 0.1) is 11.4 Å². The van der Waals surface area contributed by atoms with Crippen LogP contribution in [0.4, 0.5) is 0 Å². The maximum Gasteiger partial charge on any atom is 0.160 e. The van der Waals surface area contributed by atoms with Gasteiger partial charge in [-0.1, -0.05) is 166 Å². The van der Waals surface area contributed by atoms with Crippen molar-refractivity contribution >= 4 is 37.1 Å². The van der Waals surface area contributed by atoms with Crippen molar-refractivity contribution in [3.63, 3.8) is 0 Å². The lowest BCUT2D eigenvalue weighted by atomic mass is 9.60. The molecule has 0 N–H and O–H groups in total. The van der Waals surface area contributed by atoms with Crippen LogP contribution in [0.25, 0.3) is 70.8 Å². The minimum atomic E-state index is -0.0478. The molecule has 0 amide bonds. The van der Waals surface area contributed by atoms with Crippen molar-refractivity contribution in [2.24, 2.45) is 23.2 Å². The highest BCUT2D eigenvalue weighted by atomic mass is 32.1. The standard InChI is InChI=1S/C55H46N2S/c1-54(2)46-30-37(23-25-39(46)42-32-48-43(31-47(42)54)38-19-10-11-22-45(38)55(48)27-12-5-13-28-55)36-24-26-51-44(29-36)40-20-14-21-41(52(40)58-51)50-33-49(34-15-6-3-7-16-34)56-53(57-50)35-17-8-4-9-18-35/h3-4,6-11,14-21,23-26,29-33,43,45,48H,5,12-13,22,27-28H2,1-2H3. The summed E-state index contributed by atoms with van der Waals surface area (Å²) in [7, 11) is 0. The number of fused-ring (bicyclic) bond motifs is 11. The fourth-order valence-corrected chi connectivity index (χ4v) is 13.1. The molecular formula is C55H46N2S. The molecular weight excluding hydrogens is 721 g/mol. The number of nitrogens with zero attached hydrogens (tertiary/aromatic N) is 2. The Morgan fingerprint density at radius 2 is 1.40 bits per heavy atom. The van der Waals surface area contributed by atoms with Gasteiger partial charge in [0.2, 0.25) is 0 Å². The van der Waals surface area contributed by atoms with E-state index in [0.29, 0.717) is 23.2 Å². The SMILES string of the molecule is CC1(C)C2=CC3C4=CC=CCC4C4(CCCCC4)C3C=C2c2ccc(-c3ccc4sc5c(-c6cc(-c7ccccc7)nc(-c7ccccc7)n6)cccc5c4c3)cc21. The number of rotatable bonds is 4. The van der Waals surface area contributed by atoms with E-state index in [2.05, 4.69) is 159 Å². The van der Waals surface area contributed by atoms with Gasteiger partial charge in [-0.25, -0.2) is 9.97 Å². The van der Waals surface area contributed by atoms with Crippen molar-refractivity contribution in [2.75, 3.05) is 0 Å². The van der Waals surface area contributed by atoms with Gasteiger partial charge in [-0.3, -0.25) is 0 Å². The number of aromatic nitrogens is 2. The van der Waals surface area contributed by atoms with Crippen molar-refractivity contribution in [2.45, 2.75) is 57.8 Å². The molecule has 0 bridgehead atoms. The Morgan fingerprint density at radius 3 is 2.22 bits per heavy atom. The quantitative estimate of drug-likeness (QED) is 0.178. The molecule has 282 valence electrons. The molecule has 7 aromatic rings. The third-order valence-electron chi connectivity index (χ3n) is 14.7. The summed E-state index contributed by atoms with van der Waals surface area (Å²) in [6.07, 6.45) is 21.0. The second-order valence-electron chi connectivity index (χ2n) is 18.0. The Bertz CT molecular complexity index is 2880. The Labute approximate surface area is 345 Å². The molecule has 5 aliphatic carbocycles. The van der Waals surface area contributed by atoms with Gasteiger partial charge in [-0.05, 0) is 94.2 Å². The summed E-state index contributed by atoms with van der Waals surface area (Å²) < 4.78 is 2.56. The van der Waals surface area contributed by atoms with Gasteiger partial charge in [-0.15, -0.1) is 11.3 Å². The fraction of sp³-hybridized carbons (Fsp3) is 0.236. The molecule has 2 nitrogen and oxygen atoms in total. The van der Waals surface area contributed by atoms with Gasteiger partial charge in [0.25, 0.3) is 0 Å². The van der Waals surface area contributed by atoms with Crippen molar-refractivity contribution in [3.05, 3.63) is 174 Å². The molecule has 1 spiro atoms. The van der Waals surface area contributed by atoms with Gasteiger partial charge in [0.1, 0.15) is 0 Å². The van der Waals surface area contributed by atoms with Gasteiger partial charge < -0.3 is 0 Å². The number of benzene rings is 5. The summed E-state index contributed by atoms with van der Waals surface area (Å²) in [5, 5.41) is 2.57. The number of allylic oxidation sites excluding steroid dienone is 8. The lowest BCUT2D eigenvalue weighted by Crippen LogP contribution is -2.35. The zero-order valence-corrected chi connectivity index (χ0v) is 34.0. The van der Waals surface area contributed by atoms with Crippen LogP contribution in [0, 0.1) is 23.2 Å². The van der Waals surface area contributed by atoms with E-state index in [-0.39, 0.29) is 5.41 Å². The molecule has 0 radical (unpaired) electrons. The predicted octanol–water partition coefficient (Wildman–Crippen LogP) is 14.8. The highest BCUT2D eigenvalue weighted by Crippen LogP contribution is 2.67. The van der Waals surface area contributed by atoms with Crippen LogP contribution in [-0.2, 0) is 5.41 Å². The van der Waals surface area contributed by atoms with Gasteiger partial charge in [-0.2, -0.15) is 0 Å². The molecule has 2 aromatic heterocycles. The molecule has 3 heteroatoms. The van der Waals surface area contributed by atoms with Crippen LogP contribution in [0.5, 0.6) is 0 Å². The van der Waals surface area contributed by atoms with E-state index >= 15 is 0 Å². The molecule has 2 fully saturated rings. The Kier molecular flexibility index (Phi) is 7.67. The molecule has 0 aliphatic heterocycles. The minimum absolute atomic E-state index is 0.0478. The monoisotopic (exact) mass is 766 g/mol. The topological polar surface area (TPSA) is 25.8 Å². The lowest BCUT2D eigenvalue weighted by molar-refractivity contribution is 0.0961. The van der Waals surface area contributed by atoms with Crippen molar-refractivity contribution < 1.29 is 0 Å². The normalized spacial score (nSPS) is 22.2. The highest BCUT2D eigenvalue weighted by molar-refractivity contribution is 7.26. The molecule has 3 atom stereocenters. The summed E-state index contributed by atoms with van der Waals surface area (Å²) in [5.74, 6) is 2.60. The van der Waals surface area contributed by atoms with Gasteiger partial charge in [0, 0.05) is 48.2 Å². The van der Waals surface area contributed by atoms with E-state index in [9.17, 15) is 0 Å². The van der Waals surface area contributed by atoms with E-state index in [1.165, 1.54) is 86.5 Å². The van der Waals surface area contributed by atoms with Crippen LogP contribution < -0.4 is 0 Å². The first-order valence-electron chi connectivity index (χ1n) is 21.4. The van der Waals surface area contributed by atoms with Gasteiger partial charge >= 0.3 is 0 Å². The zero-order valence-electron chi connectivity index (χ0n) is 33.2. The highest BCUT2D eigenvalue weighted by Gasteiger charge is 2.57. The summed E-state index contributed by atoms with van der Waals surface area (Å²) >= 11 is 1.86. The second kappa shape index (κ2) is 12.9. The molecule has 0 saturated heterocycles. The molecule has 2 saturated carbocycles. The van der Waals surface area contributed by atoms with Crippen LogP contribution in [0.3, 0.4) is 0 Å². The first-order chi connectivity index (χ1) is 28.5. The third-order valence-corrected chi connectivity index (χ3v) is 15.9. The summed E-state index contributed by atoms with van der Waals surface area (Å²) in [6.45, 7) is 4.94. The Hall–Kier alpha value is -5.64. The van der Waals surface area contributed by atoms with Crippen LogP contribution >= 0.6 is 11.3 Å². The van der Waals surface area contributed by atoms with E-state index < -0.39 is 0 Å². The number of hydrogen-bond acceptors (Lipinski definition) is 3. The average Bonchev–Trinajstić information content (AvgIpc) is 3.86. The molecule has 3 unspecified atom stereocenters. The van der Waals surface area contributed by atoms with E-state index in [1.54, 1.807) is 11.1 Å². The molecule has 5 aromatic carbocycles. The van der Waals surface area contributed by atoms with Gasteiger partial charge in [0.15, 0.2) is 5.82 Å². The van der Waals surface area contributed by atoms with Crippen molar-refractivity contribution in [1.82, 2.24) is 9.97 Å². The molecule has 12 rings (SSSR count). The summed E-state index contributed by atoms with van der Waals surface area (Å²) in [5.41, 5.74) is 15.8. The Morgan fingerprint density at radius 1 is 0.638 bits per heavy atom. The maximum absolute atomic E-state index is 5.21. The fourth-order valence-electron chi connectivity index (χ4n) is 11.9. The first-order valence-corrected chi connectivity index (χ1v) is 22.2. The maximum atomic E-state index is 5.21. The zero-order chi connectivity index (χ0) is 38.6. The minimum Gasteiger partial charge on any atom is -0.228 e. The van der Waals surface area contributed by atoms with E-state index in [1.807, 2.05) is 17.4 Å². The number of thiophene rings is 1. The average molecular weight is 767 g/mol. The van der Waals surface area contributed by atoms with E-state index in [0.717, 1.165) is 33.9 Å². The molecule has 5 aliphatic rings. The van der Waals surface area contributed by atoms with E-state index in [4.69, 9.17) is 9.97 Å². The summed E-state index contributed by atoms with van der Waals surface area (Å²) in [6, 6.07) is 44.1. The van der Waals surface area contributed by atoms with Crippen LogP contribution in [0.1, 0.15) is 63.5 Å². The third kappa shape index (κ3) is 5.08. The largest absolute Gasteiger partial charge is 0.228 e. The van der Waals surface area contributed by atoms with Crippen LogP contribution in [0.2, 0.25) is 0 Å². The smallest absolute Gasteiger partial charge is 0.160 e. The Balaban J connectivity index is 0.946. The molecule has 2 heterocycles. The second-order valence-corrected chi connectivity index (χ2v) is 19.0. The number of hydrogen-bond donors (Lipinski definition) is 0. The van der Waals surface area contributed by atoms with Crippen LogP contribution in [-0.4, -0.2) is 9.97 Å². The van der Waals surface area contributed by atoms with Crippen molar-refractivity contribution in [3.8, 4) is 45.0 Å². The first kappa shape index (κ1) is 34.4. The molecule has 58 heavy (non-hydrogen) atoms. The predicted molar refractivity (Wildman–Crippen MR) is 244 cm³/mol.